The van der Waals surface area contributed by atoms with Gasteiger partial charge >= 0.3 is 0 Å². The Morgan fingerprint density at radius 3 is 3.00 bits per heavy atom. The van der Waals surface area contributed by atoms with Crippen molar-refractivity contribution in [1.82, 2.24) is 15.1 Å². The fraction of sp³-hybridized carbons (Fsp3) is 0.412. The third-order valence-corrected chi connectivity index (χ3v) is 3.89. The van der Waals surface area contributed by atoms with Crippen molar-refractivity contribution < 1.29 is 14.6 Å². The van der Waals surface area contributed by atoms with Crippen LogP contribution in [0.15, 0.2) is 36.5 Å². The van der Waals surface area contributed by atoms with Crippen LogP contribution in [0.1, 0.15) is 29.8 Å². The lowest BCUT2D eigenvalue weighted by Gasteiger charge is -2.22. The van der Waals surface area contributed by atoms with Crippen molar-refractivity contribution in [2.45, 2.75) is 32.1 Å². The predicted octanol–water partition coefficient (Wildman–Crippen LogP) is 1.04. The summed E-state index contributed by atoms with van der Waals surface area (Å²) >= 11 is 0. The second kappa shape index (κ2) is 6.93. The number of nitrogens with one attached hydrogen (secondary N) is 1. The summed E-state index contributed by atoms with van der Waals surface area (Å²) in [6.07, 6.45) is 1.59. The van der Waals surface area contributed by atoms with E-state index < -0.39 is 12.0 Å². The Morgan fingerprint density at radius 2 is 2.26 bits per heavy atom. The molecule has 2 N–H and O–H groups in total. The Kier molecular flexibility index (Phi) is 4.73. The number of aliphatic hydroxyl groups is 1. The zero-order valence-electron chi connectivity index (χ0n) is 13.1. The first kappa shape index (κ1) is 15.7. The van der Waals surface area contributed by atoms with Gasteiger partial charge in [0.15, 0.2) is 0 Å². The Balaban J connectivity index is 1.70. The average molecular weight is 315 g/mol. The van der Waals surface area contributed by atoms with Crippen LogP contribution in [0, 0.1) is 0 Å². The van der Waals surface area contributed by atoms with Gasteiger partial charge in [-0.05, 0) is 24.5 Å². The molecule has 1 aromatic heterocycles. The number of hydrogen-bond acceptors (Lipinski definition) is 4. The van der Waals surface area contributed by atoms with Crippen LogP contribution in [0.5, 0.6) is 0 Å². The summed E-state index contributed by atoms with van der Waals surface area (Å²) in [5, 5.41) is 16.6. The van der Waals surface area contributed by atoms with Crippen molar-refractivity contribution in [2.24, 2.45) is 0 Å². The summed E-state index contributed by atoms with van der Waals surface area (Å²) in [7, 11) is 0. The Morgan fingerprint density at radius 1 is 1.48 bits per heavy atom. The van der Waals surface area contributed by atoms with E-state index in [-0.39, 0.29) is 6.10 Å². The highest BCUT2D eigenvalue weighted by Gasteiger charge is 2.25. The topological polar surface area (TPSA) is 76.4 Å². The molecule has 3 rings (SSSR count). The predicted molar refractivity (Wildman–Crippen MR) is 84.9 cm³/mol. The molecule has 1 amide bonds. The minimum atomic E-state index is -1.02. The molecule has 0 spiro atoms. The van der Waals surface area contributed by atoms with Gasteiger partial charge in [0.2, 0.25) is 5.91 Å². The highest BCUT2D eigenvalue weighted by atomic mass is 16.5. The fourth-order valence-corrected chi connectivity index (χ4v) is 2.68. The molecule has 6 nitrogen and oxygen atoms in total. The average Bonchev–Trinajstić information content (AvgIpc) is 2.96. The number of carbonyl (C=O) groups excluding carboxylic acids is 1. The van der Waals surface area contributed by atoms with E-state index in [4.69, 9.17) is 4.74 Å². The first-order chi connectivity index (χ1) is 11.1. The lowest BCUT2D eigenvalue weighted by Crippen LogP contribution is -2.37. The fourth-order valence-electron chi connectivity index (χ4n) is 2.68. The molecule has 1 aliphatic rings. The van der Waals surface area contributed by atoms with Gasteiger partial charge in [-0.3, -0.25) is 9.48 Å². The molecule has 2 aromatic rings. The number of aliphatic hydroxyl groups excluding tert-OH is 1. The molecule has 0 saturated heterocycles. The number of fused-ring (bicyclic) bond motifs is 1. The highest BCUT2D eigenvalue weighted by Crippen LogP contribution is 2.25. The number of nitrogens with zero attached hydrogens (tertiary/aromatic N) is 2. The molecule has 23 heavy (non-hydrogen) atoms. The van der Waals surface area contributed by atoms with Crippen LogP contribution in [0.4, 0.5) is 0 Å². The first-order valence-corrected chi connectivity index (χ1v) is 7.81. The summed E-state index contributed by atoms with van der Waals surface area (Å²) < 4.78 is 7.64. The molecule has 2 atom stereocenters. The largest absolute Gasteiger partial charge is 0.384 e. The van der Waals surface area contributed by atoms with Gasteiger partial charge in [0.25, 0.3) is 0 Å². The van der Waals surface area contributed by atoms with Crippen LogP contribution in [0.25, 0.3) is 0 Å². The molecule has 0 saturated carbocycles. The van der Waals surface area contributed by atoms with Crippen molar-refractivity contribution in [3.8, 4) is 0 Å². The minimum absolute atomic E-state index is 0.265. The van der Waals surface area contributed by atoms with Gasteiger partial charge in [0.1, 0.15) is 12.2 Å². The van der Waals surface area contributed by atoms with Gasteiger partial charge in [-0.15, -0.1) is 0 Å². The molecular formula is C17H21N3O3. The molecule has 0 aliphatic carbocycles. The summed E-state index contributed by atoms with van der Waals surface area (Å²) in [6.45, 7) is 3.08. The molecule has 122 valence electrons. The van der Waals surface area contributed by atoms with E-state index in [0.29, 0.717) is 19.7 Å². The highest BCUT2D eigenvalue weighted by molar-refractivity contribution is 5.79. The van der Waals surface area contributed by atoms with Crippen molar-refractivity contribution >= 4 is 5.91 Å². The zero-order valence-corrected chi connectivity index (χ0v) is 13.1. The van der Waals surface area contributed by atoms with Crippen molar-refractivity contribution in [3.05, 3.63) is 53.3 Å². The van der Waals surface area contributed by atoms with E-state index in [1.807, 2.05) is 29.1 Å². The first-order valence-electron chi connectivity index (χ1n) is 7.81. The molecular weight excluding hydrogens is 294 g/mol. The number of rotatable bonds is 5. The van der Waals surface area contributed by atoms with Crippen LogP contribution >= 0.6 is 0 Å². The van der Waals surface area contributed by atoms with Crippen LogP contribution in [-0.2, 0) is 22.5 Å². The maximum absolute atomic E-state index is 11.5. The molecule has 0 fully saturated rings. The van der Waals surface area contributed by atoms with E-state index in [0.717, 1.165) is 17.7 Å². The molecule has 0 unspecified atom stereocenters. The van der Waals surface area contributed by atoms with Gasteiger partial charge in [-0.1, -0.05) is 30.3 Å². The van der Waals surface area contributed by atoms with E-state index >= 15 is 0 Å². The van der Waals surface area contributed by atoms with Crippen LogP contribution in [0.2, 0.25) is 0 Å². The lowest BCUT2D eigenvalue weighted by molar-refractivity contribution is -0.129. The van der Waals surface area contributed by atoms with Crippen molar-refractivity contribution in [2.75, 3.05) is 13.2 Å². The third kappa shape index (κ3) is 3.78. The molecule has 2 heterocycles. The second-order valence-corrected chi connectivity index (χ2v) is 5.75. The van der Waals surface area contributed by atoms with Crippen LogP contribution in [-0.4, -0.2) is 40.0 Å². The van der Waals surface area contributed by atoms with Gasteiger partial charge in [-0.25, -0.2) is 0 Å². The van der Waals surface area contributed by atoms with E-state index in [9.17, 15) is 9.90 Å². The Hall–Kier alpha value is -2.18. The number of ether oxygens (including phenoxy) is 1. The van der Waals surface area contributed by atoms with Crippen LogP contribution < -0.4 is 5.32 Å². The van der Waals surface area contributed by atoms with E-state index in [2.05, 4.69) is 22.5 Å². The van der Waals surface area contributed by atoms with E-state index in [1.54, 1.807) is 0 Å². The smallest absolute Gasteiger partial charge is 0.248 e. The summed E-state index contributed by atoms with van der Waals surface area (Å²) in [4.78, 5) is 11.5. The molecule has 6 heteroatoms. The van der Waals surface area contributed by atoms with Crippen LogP contribution in [0.3, 0.4) is 0 Å². The van der Waals surface area contributed by atoms with Gasteiger partial charge in [-0.2, -0.15) is 5.10 Å². The minimum Gasteiger partial charge on any atom is -0.384 e. The number of aromatic nitrogens is 2. The number of benzene rings is 1. The lowest BCUT2D eigenvalue weighted by atomic mass is 10.1. The SMILES string of the molecule is C[C@@H](O)C(=O)NC[C@H]1OCCc2cn(Cc3ccccc3)nc21. The number of carbonyl (C=O) groups is 1. The van der Waals surface area contributed by atoms with Gasteiger partial charge < -0.3 is 15.2 Å². The van der Waals surface area contributed by atoms with Gasteiger partial charge in [0, 0.05) is 12.7 Å². The molecule has 0 bridgehead atoms. The molecule has 1 aliphatic heterocycles. The maximum Gasteiger partial charge on any atom is 0.248 e. The summed E-state index contributed by atoms with van der Waals surface area (Å²) in [5.41, 5.74) is 3.22. The monoisotopic (exact) mass is 315 g/mol. The normalized spacial score (nSPS) is 18.3. The Labute approximate surface area is 135 Å². The second-order valence-electron chi connectivity index (χ2n) is 5.75. The third-order valence-electron chi connectivity index (χ3n) is 3.89. The summed E-state index contributed by atoms with van der Waals surface area (Å²) in [6, 6.07) is 10.1. The van der Waals surface area contributed by atoms with Gasteiger partial charge in [0.05, 0.1) is 18.8 Å². The Bertz CT molecular complexity index is 667. The molecule has 0 radical (unpaired) electrons. The quantitative estimate of drug-likeness (QED) is 0.864. The zero-order chi connectivity index (χ0) is 16.2. The van der Waals surface area contributed by atoms with Crippen molar-refractivity contribution in [3.63, 3.8) is 0 Å². The number of hydrogen-bond donors (Lipinski definition) is 2. The maximum atomic E-state index is 11.5. The summed E-state index contributed by atoms with van der Waals surface area (Å²) in [5.74, 6) is -0.399. The standard InChI is InChI=1S/C17H21N3O3/c1-12(21)17(22)18-9-15-16-14(7-8-23-15)11-20(19-16)10-13-5-3-2-4-6-13/h2-6,11-12,15,21H,7-10H2,1H3,(H,18,22)/t12-,15-/m1/s1. The van der Waals surface area contributed by atoms with Crippen molar-refractivity contribution in [1.29, 1.82) is 0 Å². The molecule has 1 aromatic carbocycles. The van der Waals surface area contributed by atoms with E-state index in [1.165, 1.54) is 12.5 Å². The number of amides is 1.